The van der Waals surface area contributed by atoms with Crippen LogP contribution in [0.1, 0.15) is 73.5 Å². The molecule has 2 bridgehead atoms. The summed E-state index contributed by atoms with van der Waals surface area (Å²) in [5.74, 6) is 1.39. The predicted molar refractivity (Wildman–Crippen MR) is 196 cm³/mol. The number of carbonyl (C=O) groups is 1. The second-order valence-electron chi connectivity index (χ2n) is 15.5. The number of nitrogens with zero attached hydrogens (tertiary/aromatic N) is 5. The summed E-state index contributed by atoms with van der Waals surface area (Å²) in [5, 5.41) is 9.77. The van der Waals surface area contributed by atoms with Crippen molar-refractivity contribution in [3.8, 4) is 28.7 Å². The van der Waals surface area contributed by atoms with Gasteiger partial charge < -0.3 is 18.9 Å². The van der Waals surface area contributed by atoms with Crippen LogP contribution in [0.4, 0.5) is 0 Å². The van der Waals surface area contributed by atoms with E-state index in [-0.39, 0.29) is 28.5 Å². The zero-order valence-corrected chi connectivity index (χ0v) is 31.1. The summed E-state index contributed by atoms with van der Waals surface area (Å²) in [6.07, 6.45) is 5.66. The SMILES string of the molecule is COc1cc(-c2cn(C)c(=O)c(C)c2C)cc(OC)c1CN1CC2CC(C1)N2Cc1ccc2c(c1)C(C)N(C(=O)C(C#N)=CC(C)(C)C)CC2. The molecule has 3 atom stereocenters. The first-order valence-electron chi connectivity index (χ1n) is 17.7. The molecule has 1 amide bonds. The first-order chi connectivity index (χ1) is 23.7. The van der Waals surface area contributed by atoms with Crippen molar-refractivity contribution in [2.24, 2.45) is 12.5 Å². The van der Waals surface area contributed by atoms with Gasteiger partial charge in [-0.05, 0) is 79.0 Å². The number of aryl methyl sites for hydroxylation is 1. The lowest BCUT2D eigenvalue weighted by molar-refractivity contribution is -0.129. The lowest BCUT2D eigenvalue weighted by Crippen LogP contribution is -2.67. The minimum Gasteiger partial charge on any atom is -0.496 e. The van der Waals surface area contributed by atoms with E-state index < -0.39 is 0 Å². The Bertz CT molecular complexity index is 1910. The number of nitriles is 1. The summed E-state index contributed by atoms with van der Waals surface area (Å²) in [5.41, 5.74) is 8.41. The first-order valence-corrected chi connectivity index (χ1v) is 17.7. The summed E-state index contributed by atoms with van der Waals surface area (Å²) in [4.78, 5) is 32.9. The number of methoxy groups -OCH3 is 2. The normalized spacial score (nSPS) is 20.9. The molecule has 4 aliphatic heterocycles. The minimum atomic E-state index is -0.248. The number of pyridine rings is 1. The van der Waals surface area contributed by atoms with E-state index in [1.54, 1.807) is 31.9 Å². The molecule has 0 aliphatic carbocycles. The summed E-state index contributed by atoms with van der Waals surface area (Å²) < 4.78 is 13.5. The Hall–Kier alpha value is -4.39. The number of allylic oxidation sites excluding steroid dienone is 1. The number of fused-ring (bicyclic) bond motifs is 3. The standard InChI is InChI=1S/C41H51N5O4/c1-25-26(2)39(47)43(7)23-35(25)30-15-37(49-8)36(38(16-30)50-9)24-44-21-32-17-33(22-44)46(32)20-28-10-11-29-12-13-45(27(3)34(29)14-28)40(48)31(19-42)18-41(4,5)6/h10-11,14-16,18,23,27,32-33H,12-13,17,20-22,24H2,1-9H3. The molecule has 0 saturated carbocycles. The minimum absolute atomic E-state index is 0.0126. The number of hydrogen-bond acceptors (Lipinski definition) is 7. The largest absolute Gasteiger partial charge is 0.496 e. The molecule has 0 spiro atoms. The molecule has 264 valence electrons. The van der Waals surface area contributed by atoms with Crippen LogP contribution in [-0.4, -0.2) is 71.1 Å². The molecule has 3 aromatic rings. The maximum Gasteiger partial charge on any atom is 0.264 e. The molecule has 1 aromatic heterocycles. The topological polar surface area (TPSA) is 91.0 Å². The third-order valence-corrected chi connectivity index (χ3v) is 11.0. The van der Waals surface area contributed by atoms with Gasteiger partial charge in [0.2, 0.25) is 0 Å². The molecular weight excluding hydrogens is 626 g/mol. The molecule has 0 radical (unpaired) electrons. The molecule has 3 unspecified atom stereocenters. The molecule has 9 heteroatoms. The number of piperidine rings is 1. The number of benzene rings is 2. The van der Waals surface area contributed by atoms with Crippen LogP contribution in [0.5, 0.6) is 11.5 Å². The summed E-state index contributed by atoms with van der Waals surface area (Å²) >= 11 is 0. The van der Waals surface area contributed by atoms with E-state index in [0.717, 1.165) is 71.9 Å². The fourth-order valence-corrected chi connectivity index (χ4v) is 8.13. The van der Waals surface area contributed by atoms with Gasteiger partial charge in [0.25, 0.3) is 11.5 Å². The van der Waals surface area contributed by atoms with Crippen LogP contribution in [-0.2, 0) is 31.4 Å². The van der Waals surface area contributed by atoms with Gasteiger partial charge in [-0.15, -0.1) is 0 Å². The van der Waals surface area contributed by atoms with Gasteiger partial charge in [-0.3, -0.25) is 19.4 Å². The van der Waals surface area contributed by atoms with Crippen molar-refractivity contribution in [2.75, 3.05) is 33.9 Å². The lowest BCUT2D eigenvalue weighted by atomic mass is 9.85. The zero-order valence-electron chi connectivity index (χ0n) is 31.1. The van der Waals surface area contributed by atoms with Crippen LogP contribution < -0.4 is 15.0 Å². The quantitative estimate of drug-likeness (QED) is 0.211. The van der Waals surface area contributed by atoms with E-state index in [0.29, 0.717) is 18.6 Å². The van der Waals surface area contributed by atoms with E-state index in [1.807, 2.05) is 45.7 Å². The molecule has 50 heavy (non-hydrogen) atoms. The van der Waals surface area contributed by atoms with E-state index in [4.69, 9.17) is 9.47 Å². The molecule has 3 fully saturated rings. The maximum atomic E-state index is 13.4. The number of carbonyl (C=O) groups excluding carboxylic acids is 1. The highest BCUT2D eigenvalue weighted by Crippen LogP contribution is 2.40. The van der Waals surface area contributed by atoms with E-state index in [1.165, 1.54) is 23.1 Å². The molecular formula is C41H51N5O4. The number of hydrogen-bond donors (Lipinski definition) is 0. The Morgan fingerprint density at radius 3 is 2.28 bits per heavy atom. The Labute approximate surface area is 296 Å². The molecule has 7 rings (SSSR count). The van der Waals surface area contributed by atoms with Crippen molar-refractivity contribution in [2.45, 2.75) is 85.6 Å². The number of aromatic nitrogens is 1. The monoisotopic (exact) mass is 677 g/mol. The number of ether oxygens (including phenoxy) is 2. The third-order valence-electron chi connectivity index (χ3n) is 11.0. The second kappa shape index (κ2) is 13.7. The van der Waals surface area contributed by atoms with Gasteiger partial charge in [0.1, 0.15) is 23.1 Å². The van der Waals surface area contributed by atoms with Crippen LogP contribution in [0.2, 0.25) is 0 Å². The molecule has 2 aromatic carbocycles. The van der Waals surface area contributed by atoms with Crippen LogP contribution in [0, 0.1) is 30.6 Å². The fourth-order valence-electron chi connectivity index (χ4n) is 8.13. The number of piperazine rings is 1. The molecule has 5 heterocycles. The van der Waals surface area contributed by atoms with Gasteiger partial charge >= 0.3 is 0 Å². The van der Waals surface area contributed by atoms with Crippen LogP contribution >= 0.6 is 0 Å². The van der Waals surface area contributed by atoms with E-state index >= 15 is 0 Å². The molecule has 0 N–H and O–H groups in total. The van der Waals surface area contributed by atoms with Crippen LogP contribution in [0.3, 0.4) is 0 Å². The Morgan fingerprint density at radius 2 is 1.68 bits per heavy atom. The average Bonchev–Trinajstić information content (AvgIpc) is 3.09. The summed E-state index contributed by atoms with van der Waals surface area (Å²) in [6, 6.07) is 13.9. The Morgan fingerprint density at radius 1 is 1.02 bits per heavy atom. The fraction of sp³-hybridized carbons (Fsp3) is 0.488. The Balaban J connectivity index is 1.15. The highest BCUT2D eigenvalue weighted by molar-refractivity contribution is 5.97. The van der Waals surface area contributed by atoms with Crippen molar-refractivity contribution < 1.29 is 14.3 Å². The van der Waals surface area contributed by atoms with Crippen LogP contribution in [0.25, 0.3) is 11.1 Å². The first kappa shape index (κ1) is 35.4. The van der Waals surface area contributed by atoms with Gasteiger partial charge in [0.05, 0.1) is 25.8 Å². The number of amides is 1. The predicted octanol–water partition coefficient (Wildman–Crippen LogP) is 6.09. The second-order valence-corrected chi connectivity index (χ2v) is 15.5. The van der Waals surface area contributed by atoms with Crippen molar-refractivity contribution in [3.63, 3.8) is 0 Å². The number of rotatable bonds is 8. The van der Waals surface area contributed by atoms with Crippen LogP contribution in [0.15, 0.2) is 53.0 Å². The van der Waals surface area contributed by atoms with Gasteiger partial charge in [0.15, 0.2) is 0 Å². The van der Waals surface area contributed by atoms with Crippen molar-refractivity contribution >= 4 is 5.91 Å². The van der Waals surface area contributed by atoms with Gasteiger partial charge in [-0.2, -0.15) is 5.26 Å². The van der Waals surface area contributed by atoms with E-state index in [9.17, 15) is 14.9 Å². The van der Waals surface area contributed by atoms with Crippen molar-refractivity contribution in [1.29, 1.82) is 5.26 Å². The van der Waals surface area contributed by atoms with Gasteiger partial charge in [0, 0.05) is 69.2 Å². The highest BCUT2D eigenvalue weighted by atomic mass is 16.5. The van der Waals surface area contributed by atoms with Crippen molar-refractivity contribution in [1.82, 2.24) is 19.3 Å². The summed E-state index contributed by atoms with van der Waals surface area (Å²) in [6.45, 7) is 16.1. The molecule has 3 saturated heterocycles. The van der Waals surface area contributed by atoms with Crippen molar-refractivity contribution in [3.05, 3.63) is 91.9 Å². The Kier molecular flexibility index (Phi) is 9.73. The smallest absolute Gasteiger partial charge is 0.264 e. The van der Waals surface area contributed by atoms with E-state index in [2.05, 4.69) is 53.1 Å². The lowest BCUT2D eigenvalue weighted by Gasteiger charge is -2.56. The molecule has 4 aliphatic rings. The molecule has 9 nitrogen and oxygen atoms in total. The highest BCUT2D eigenvalue weighted by Gasteiger charge is 2.44. The van der Waals surface area contributed by atoms with Gasteiger partial charge in [-0.1, -0.05) is 45.0 Å². The third kappa shape index (κ3) is 6.71. The maximum absolute atomic E-state index is 13.4. The zero-order chi connectivity index (χ0) is 36.1. The average molecular weight is 678 g/mol. The van der Waals surface area contributed by atoms with Gasteiger partial charge in [-0.25, -0.2) is 0 Å². The summed E-state index contributed by atoms with van der Waals surface area (Å²) in [7, 11) is 5.19.